The van der Waals surface area contributed by atoms with Crippen molar-refractivity contribution in [1.29, 1.82) is 0 Å². The summed E-state index contributed by atoms with van der Waals surface area (Å²) in [6, 6.07) is 16.1. The minimum absolute atomic E-state index is 0.105. The molecule has 1 saturated heterocycles. The van der Waals surface area contributed by atoms with Crippen LogP contribution in [0.2, 0.25) is 0 Å². The van der Waals surface area contributed by atoms with Gasteiger partial charge in [-0.1, -0.05) is 30.3 Å². The highest BCUT2D eigenvalue weighted by Crippen LogP contribution is 2.37. The highest BCUT2D eigenvalue weighted by molar-refractivity contribution is 5.98. The minimum atomic E-state index is -1.73. The molecule has 1 aliphatic rings. The quantitative estimate of drug-likeness (QED) is 0.223. The molecule has 0 unspecified atom stereocenters. The molecule has 0 saturated carbocycles. The molecule has 1 fully saturated rings. The molecule has 1 amide bonds. The van der Waals surface area contributed by atoms with E-state index in [0.717, 1.165) is 11.3 Å². The van der Waals surface area contributed by atoms with Crippen LogP contribution in [0.3, 0.4) is 0 Å². The van der Waals surface area contributed by atoms with Crippen molar-refractivity contribution in [2.45, 2.75) is 50.4 Å². The van der Waals surface area contributed by atoms with Gasteiger partial charge in [0.05, 0.1) is 33.5 Å². The number of benzene rings is 2. The second-order valence-corrected chi connectivity index (χ2v) is 9.32. The first kappa shape index (κ1) is 29.5. The van der Waals surface area contributed by atoms with Crippen molar-refractivity contribution in [3.8, 4) is 5.75 Å². The molecule has 10 heteroatoms. The Labute approximate surface area is 223 Å². The fourth-order valence-electron chi connectivity index (χ4n) is 4.32. The van der Waals surface area contributed by atoms with Crippen LogP contribution in [0.25, 0.3) is 0 Å². The average molecular weight is 532 g/mol. The van der Waals surface area contributed by atoms with E-state index in [-0.39, 0.29) is 13.4 Å². The number of nitrogens with one attached hydrogen (secondary N) is 1. The molecule has 10 nitrogen and oxygen atoms in total. The van der Waals surface area contributed by atoms with Crippen LogP contribution in [0.4, 0.5) is 0 Å². The van der Waals surface area contributed by atoms with Crippen molar-refractivity contribution in [2.75, 3.05) is 41.3 Å². The first-order chi connectivity index (χ1) is 18.2. The molecule has 0 spiro atoms. The largest absolute Gasteiger partial charge is 0.497 e. The molecule has 208 valence electrons. The van der Waals surface area contributed by atoms with Crippen LogP contribution in [0.15, 0.2) is 54.6 Å². The van der Waals surface area contributed by atoms with Gasteiger partial charge in [0.1, 0.15) is 18.6 Å². The number of methoxy groups -OCH3 is 3. The Morgan fingerprint density at radius 2 is 1.68 bits per heavy atom. The van der Waals surface area contributed by atoms with Crippen molar-refractivity contribution in [2.24, 2.45) is 0 Å². The van der Waals surface area contributed by atoms with E-state index in [4.69, 9.17) is 33.2 Å². The van der Waals surface area contributed by atoms with Gasteiger partial charge in [-0.3, -0.25) is 4.79 Å². The molecule has 0 radical (unpaired) electrons. The third-order valence-corrected chi connectivity index (χ3v) is 6.10. The van der Waals surface area contributed by atoms with Gasteiger partial charge in [-0.2, -0.15) is 0 Å². The molecule has 0 aromatic heterocycles. The number of carbonyl (C=O) groups excluding carboxylic acids is 2. The van der Waals surface area contributed by atoms with Crippen molar-refractivity contribution in [3.63, 3.8) is 0 Å². The average Bonchev–Trinajstić information content (AvgIpc) is 3.25. The third kappa shape index (κ3) is 7.52. The van der Waals surface area contributed by atoms with Crippen LogP contribution in [-0.4, -0.2) is 76.7 Å². The summed E-state index contributed by atoms with van der Waals surface area (Å²) in [6.45, 7) is 3.82. The van der Waals surface area contributed by atoms with E-state index < -0.39 is 35.4 Å². The number of carbonyl (C=O) groups is 2. The van der Waals surface area contributed by atoms with Crippen molar-refractivity contribution >= 4 is 11.9 Å². The summed E-state index contributed by atoms with van der Waals surface area (Å²) in [6.07, 6.45) is -1.18. The molecule has 3 atom stereocenters. The number of hydrogen-bond donors (Lipinski definition) is 1. The smallest absolute Gasteiger partial charge is 0.336 e. The fourth-order valence-corrected chi connectivity index (χ4v) is 4.32. The monoisotopic (exact) mass is 531 g/mol. The molecule has 3 rings (SSSR count). The molecule has 2 aromatic rings. The van der Waals surface area contributed by atoms with Gasteiger partial charge in [0.2, 0.25) is 0 Å². The van der Waals surface area contributed by atoms with Gasteiger partial charge in [0, 0.05) is 19.3 Å². The van der Waals surface area contributed by atoms with Crippen LogP contribution >= 0.6 is 0 Å². The van der Waals surface area contributed by atoms with Crippen molar-refractivity contribution in [3.05, 3.63) is 65.7 Å². The first-order valence-electron chi connectivity index (χ1n) is 12.3. The van der Waals surface area contributed by atoms with Crippen LogP contribution in [0.1, 0.15) is 36.2 Å². The normalized spacial score (nSPS) is 19.9. The zero-order valence-electron chi connectivity index (χ0n) is 22.6. The summed E-state index contributed by atoms with van der Waals surface area (Å²) in [7, 11) is 4.32. The predicted molar refractivity (Wildman–Crippen MR) is 138 cm³/mol. The number of hydrogen-bond acceptors (Lipinski definition) is 9. The highest BCUT2D eigenvalue weighted by atomic mass is 16.8. The van der Waals surface area contributed by atoms with E-state index in [1.165, 1.54) is 14.2 Å². The molecule has 0 bridgehead atoms. The zero-order chi connectivity index (χ0) is 27.6. The molecule has 1 heterocycles. The zero-order valence-corrected chi connectivity index (χ0v) is 22.6. The number of rotatable bonds is 14. The van der Waals surface area contributed by atoms with Gasteiger partial charge in [0.15, 0.2) is 11.3 Å². The lowest BCUT2D eigenvalue weighted by Gasteiger charge is -2.38. The van der Waals surface area contributed by atoms with Crippen molar-refractivity contribution < 1.29 is 42.7 Å². The number of ether oxygens (including phenoxy) is 7. The second-order valence-electron chi connectivity index (χ2n) is 9.32. The van der Waals surface area contributed by atoms with Gasteiger partial charge >= 0.3 is 5.97 Å². The van der Waals surface area contributed by atoms with Gasteiger partial charge in [-0.15, -0.1) is 0 Å². The highest BCUT2D eigenvalue weighted by Gasteiger charge is 2.58. The second kappa shape index (κ2) is 13.7. The van der Waals surface area contributed by atoms with Crippen LogP contribution in [0.5, 0.6) is 5.75 Å². The summed E-state index contributed by atoms with van der Waals surface area (Å²) in [5.41, 5.74) is -0.377. The lowest BCUT2D eigenvalue weighted by molar-refractivity contribution is -0.175. The Kier molecular flexibility index (Phi) is 10.6. The maximum absolute atomic E-state index is 13.4. The van der Waals surface area contributed by atoms with Gasteiger partial charge in [-0.05, 0) is 50.1 Å². The summed E-state index contributed by atoms with van der Waals surface area (Å²) in [5.74, 6) is -1.49. The summed E-state index contributed by atoms with van der Waals surface area (Å²) in [4.78, 5) is 26.6. The van der Waals surface area contributed by atoms with E-state index >= 15 is 0 Å². The van der Waals surface area contributed by atoms with E-state index in [2.05, 4.69) is 5.32 Å². The number of amides is 1. The van der Waals surface area contributed by atoms with E-state index in [0.29, 0.717) is 25.2 Å². The first-order valence-corrected chi connectivity index (χ1v) is 12.3. The van der Waals surface area contributed by atoms with Gasteiger partial charge in [0.25, 0.3) is 5.91 Å². The van der Waals surface area contributed by atoms with E-state index in [9.17, 15) is 9.59 Å². The Morgan fingerprint density at radius 1 is 0.974 bits per heavy atom. The van der Waals surface area contributed by atoms with Gasteiger partial charge in [-0.25, -0.2) is 4.79 Å². The SMILES string of the molecule is COCOC[C@@](NC(=O)c1ccccc1)(C(=O)OC)[C@H]1OC(C)(C)O[C@@H]1CCOCc1ccc(OC)cc1. The molecule has 2 aromatic carbocycles. The van der Waals surface area contributed by atoms with Crippen LogP contribution < -0.4 is 10.1 Å². The lowest BCUT2D eigenvalue weighted by atomic mass is 9.87. The van der Waals surface area contributed by atoms with Crippen LogP contribution in [0, 0.1) is 0 Å². The molecule has 38 heavy (non-hydrogen) atoms. The van der Waals surface area contributed by atoms with Crippen molar-refractivity contribution in [1.82, 2.24) is 5.32 Å². The topological polar surface area (TPSA) is 111 Å². The molecular formula is C28H37NO9. The maximum atomic E-state index is 13.4. The lowest BCUT2D eigenvalue weighted by Crippen LogP contribution is -2.67. The third-order valence-electron chi connectivity index (χ3n) is 6.10. The molecular weight excluding hydrogens is 494 g/mol. The Hall–Kier alpha value is -3.02. The predicted octanol–water partition coefficient (Wildman–Crippen LogP) is 3.08. The van der Waals surface area contributed by atoms with E-state index in [1.807, 2.05) is 24.3 Å². The summed E-state index contributed by atoms with van der Waals surface area (Å²) >= 11 is 0. The Morgan fingerprint density at radius 3 is 2.32 bits per heavy atom. The molecule has 1 aliphatic heterocycles. The van der Waals surface area contributed by atoms with E-state index in [1.54, 1.807) is 51.3 Å². The molecule has 0 aliphatic carbocycles. The maximum Gasteiger partial charge on any atom is 0.336 e. The minimum Gasteiger partial charge on any atom is -0.497 e. The Bertz CT molecular complexity index is 1030. The fraction of sp³-hybridized carbons (Fsp3) is 0.500. The molecule has 1 N–H and O–H groups in total. The summed E-state index contributed by atoms with van der Waals surface area (Å²) < 4.78 is 39.3. The van der Waals surface area contributed by atoms with Gasteiger partial charge < -0.3 is 38.5 Å². The standard InChI is InChI=1S/C28H37NO9/c1-27(2)37-23(15-16-35-17-20-11-13-22(33-4)14-12-20)24(38-27)28(26(31)34-5,18-36-19-32-3)29-25(30)21-9-7-6-8-10-21/h6-14,23-24H,15-19H2,1-5H3,(H,29,30)/t23-,24+,28+/m1/s1. The number of esters is 1. The summed E-state index contributed by atoms with van der Waals surface area (Å²) in [5, 5.41) is 2.84. The van der Waals surface area contributed by atoms with Crippen LogP contribution in [-0.2, 0) is 39.8 Å². The Balaban J connectivity index is 1.81.